The predicted molar refractivity (Wildman–Crippen MR) is 162 cm³/mol. The van der Waals surface area contributed by atoms with Crippen molar-refractivity contribution in [2.75, 3.05) is 6.54 Å². The highest BCUT2D eigenvalue weighted by Crippen LogP contribution is 2.31. The molecule has 0 unspecified atom stereocenters. The molecule has 0 aliphatic heterocycles. The van der Waals surface area contributed by atoms with E-state index in [-0.39, 0.29) is 23.8 Å². The molecule has 5 aromatic rings. The Morgan fingerprint density at radius 3 is 2.19 bits per heavy atom. The molecule has 2 aromatic heterocycles. The first-order valence-corrected chi connectivity index (χ1v) is 15.4. The number of hydrogen-bond acceptors (Lipinski definition) is 5. The first kappa shape index (κ1) is 30.5. The zero-order valence-electron chi connectivity index (χ0n) is 23.1. The first-order valence-electron chi connectivity index (χ1n) is 13.5. The molecule has 5 nitrogen and oxygen atoms in total. The Bertz CT molecular complexity index is 1760. The van der Waals surface area contributed by atoms with Crippen LogP contribution in [-0.4, -0.2) is 26.9 Å². The van der Waals surface area contributed by atoms with Gasteiger partial charge in [-0.3, -0.25) is 9.59 Å². The molecule has 0 radical (unpaired) electrons. The molecule has 11 heteroatoms. The standard InChI is InChI=1S/C32H27F4N3O2S2/c1-2-16-38(18-21-3-7-23(8-4-21)24-9-11-25(12-10-24)32(34,35)36)28(40)19-39-27-15-17-42-29(27)30(41)37-31(39)43-20-22-5-13-26(33)14-6-22/h3-15,17H,2,16,18-20H2,1H3. The Labute approximate surface area is 253 Å². The minimum atomic E-state index is -4.39. The summed E-state index contributed by atoms with van der Waals surface area (Å²) in [6, 6.07) is 20.3. The number of fused-ring (bicyclic) bond motifs is 1. The number of thiophene rings is 1. The SMILES string of the molecule is CCCN(Cc1ccc(-c2ccc(C(F)(F)F)cc2)cc1)C(=O)Cn1c(SCc2ccc(F)cc2)nc(=O)c2sccc21. The summed E-state index contributed by atoms with van der Waals surface area (Å²) in [6.07, 6.45) is -3.65. The van der Waals surface area contributed by atoms with E-state index in [1.165, 1.54) is 47.4 Å². The summed E-state index contributed by atoms with van der Waals surface area (Å²) in [5, 5.41) is 2.21. The number of carbonyl (C=O) groups excluding carboxylic acids is 1. The van der Waals surface area contributed by atoms with E-state index in [2.05, 4.69) is 4.98 Å². The van der Waals surface area contributed by atoms with Gasteiger partial charge in [-0.05, 0) is 64.4 Å². The second kappa shape index (κ2) is 13.1. The Kier molecular flexibility index (Phi) is 9.31. The van der Waals surface area contributed by atoms with Crippen molar-refractivity contribution in [3.05, 3.63) is 117 Å². The van der Waals surface area contributed by atoms with Gasteiger partial charge in [-0.2, -0.15) is 18.2 Å². The van der Waals surface area contributed by atoms with Gasteiger partial charge in [0.15, 0.2) is 5.16 Å². The fourth-order valence-electron chi connectivity index (χ4n) is 4.64. The predicted octanol–water partition coefficient (Wildman–Crippen LogP) is 8.01. The van der Waals surface area contributed by atoms with Crippen LogP contribution in [0.5, 0.6) is 0 Å². The van der Waals surface area contributed by atoms with Crippen molar-refractivity contribution in [3.8, 4) is 11.1 Å². The number of aromatic nitrogens is 2. The number of rotatable bonds is 10. The number of carbonyl (C=O) groups is 1. The van der Waals surface area contributed by atoms with E-state index in [0.717, 1.165) is 35.2 Å². The van der Waals surface area contributed by atoms with Crippen LogP contribution in [-0.2, 0) is 29.8 Å². The van der Waals surface area contributed by atoms with Crippen molar-refractivity contribution in [2.45, 2.75) is 43.5 Å². The Morgan fingerprint density at radius 2 is 1.56 bits per heavy atom. The molecule has 0 aliphatic rings. The van der Waals surface area contributed by atoms with Crippen LogP contribution in [0.2, 0.25) is 0 Å². The molecule has 222 valence electrons. The van der Waals surface area contributed by atoms with Gasteiger partial charge in [0.25, 0.3) is 5.56 Å². The highest BCUT2D eigenvalue weighted by atomic mass is 32.2. The molecular formula is C32H27F4N3O2S2. The fraction of sp³-hybridized carbons (Fsp3) is 0.219. The van der Waals surface area contributed by atoms with Crippen LogP contribution < -0.4 is 5.56 Å². The average molecular weight is 626 g/mol. The van der Waals surface area contributed by atoms with Crippen molar-refractivity contribution in [1.29, 1.82) is 0 Å². The second-order valence-electron chi connectivity index (χ2n) is 9.92. The molecular weight excluding hydrogens is 598 g/mol. The van der Waals surface area contributed by atoms with Crippen molar-refractivity contribution in [2.24, 2.45) is 0 Å². The normalized spacial score (nSPS) is 11.7. The van der Waals surface area contributed by atoms with Gasteiger partial charge in [-0.1, -0.05) is 67.2 Å². The summed E-state index contributed by atoms with van der Waals surface area (Å²) >= 11 is 2.59. The summed E-state index contributed by atoms with van der Waals surface area (Å²) in [5.74, 6) is -0.0323. The number of nitrogens with zero attached hydrogens (tertiary/aromatic N) is 3. The van der Waals surface area contributed by atoms with Gasteiger partial charge in [-0.25, -0.2) is 4.39 Å². The molecule has 0 saturated heterocycles. The lowest BCUT2D eigenvalue weighted by Gasteiger charge is -2.24. The molecule has 3 aromatic carbocycles. The van der Waals surface area contributed by atoms with E-state index in [4.69, 9.17) is 0 Å². The molecule has 0 aliphatic carbocycles. The lowest BCUT2D eigenvalue weighted by molar-refractivity contribution is -0.137. The number of benzene rings is 3. The molecule has 0 saturated carbocycles. The molecule has 5 rings (SSSR count). The molecule has 1 amide bonds. The van der Waals surface area contributed by atoms with Gasteiger partial charge in [0, 0.05) is 18.8 Å². The Morgan fingerprint density at radius 1 is 0.930 bits per heavy atom. The minimum Gasteiger partial charge on any atom is -0.337 e. The van der Waals surface area contributed by atoms with Crippen LogP contribution in [0.4, 0.5) is 17.6 Å². The van der Waals surface area contributed by atoms with E-state index in [1.807, 2.05) is 37.3 Å². The smallest absolute Gasteiger partial charge is 0.337 e. The quantitative estimate of drug-likeness (QED) is 0.0897. The zero-order chi connectivity index (χ0) is 30.6. The lowest BCUT2D eigenvalue weighted by Crippen LogP contribution is -2.35. The second-order valence-corrected chi connectivity index (χ2v) is 11.8. The van der Waals surface area contributed by atoms with Crippen LogP contribution in [0.3, 0.4) is 0 Å². The van der Waals surface area contributed by atoms with Crippen LogP contribution in [0.25, 0.3) is 21.3 Å². The van der Waals surface area contributed by atoms with Crippen molar-refractivity contribution in [1.82, 2.24) is 14.5 Å². The molecule has 2 heterocycles. The number of amides is 1. The third-order valence-corrected chi connectivity index (χ3v) is 8.79. The molecule has 0 spiro atoms. The van der Waals surface area contributed by atoms with Crippen LogP contribution in [0, 0.1) is 5.82 Å². The lowest BCUT2D eigenvalue weighted by atomic mass is 10.0. The monoisotopic (exact) mass is 625 g/mol. The van der Waals surface area contributed by atoms with Crippen molar-refractivity contribution < 1.29 is 22.4 Å². The first-order chi connectivity index (χ1) is 20.6. The Balaban J connectivity index is 1.34. The van der Waals surface area contributed by atoms with Crippen LogP contribution in [0.1, 0.15) is 30.0 Å². The highest BCUT2D eigenvalue weighted by Gasteiger charge is 2.30. The molecule has 0 fully saturated rings. The number of alkyl halides is 3. The van der Waals surface area contributed by atoms with Gasteiger partial charge >= 0.3 is 6.18 Å². The third-order valence-electron chi connectivity index (χ3n) is 6.85. The van der Waals surface area contributed by atoms with E-state index in [0.29, 0.717) is 39.8 Å². The maximum absolute atomic E-state index is 13.7. The fourth-order valence-corrected chi connectivity index (χ4v) is 6.37. The maximum Gasteiger partial charge on any atom is 0.416 e. The van der Waals surface area contributed by atoms with Crippen LogP contribution in [0.15, 0.2) is 94.2 Å². The topological polar surface area (TPSA) is 55.2 Å². The average Bonchev–Trinajstić information content (AvgIpc) is 3.49. The molecule has 0 atom stereocenters. The van der Waals surface area contributed by atoms with Gasteiger partial charge < -0.3 is 9.47 Å². The summed E-state index contributed by atoms with van der Waals surface area (Å²) in [6.45, 7) is 2.82. The van der Waals surface area contributed by atoms with Crippen LogP contribution >= 0.6 is 23.1 Å². The van der Waals surface area contributed by atoms with Gasteiger partial charge in [0.1, 0.15) is 17.1 Å². The third kappa shape index (κ3) is 7.34. The minimum absolute atomic E-state index is 0.0180. The van der Waals surface area contributed by atoms with Gasteiger partial charge in [0.05, 0.1) is 11.1 Å². The zero-order valence-corrected chi connectivity index (χ0v) is 24.7. The van der Waals surface area contributed by atoms with E-state index >= 15 is 0 Å². The number of halogens is 4. The molecule has 0 bridgehead atoms. The summed E-state index contributed by atoms with van der Waals surface area (Å²) in [4.78, 5) is 32.4. The van der Waals surface area contributed by atoms with Gasteiger partial charge in [0.2, 0.25) is 5.91 Å². The molecule has 43 heavy (non-hydrogen) atoms. The number of thioether (sulfide) groups is 1. The number of hydrogen-bond donors (Lipinski definition) is 0. The maximum atomic E-state index is 13.7. The molecule has 0 N–H and O–H groups in total. The summed E-state index contributed by atoms with van der Waals surface area (Å²) in [5.41, 5.74) is 2.76. The Hall–Kier alpha value is -3.96. The van der Waals surface area contributed by atoms with Crippen molar-refractivity contribution >= 4 is 39.2 Å². The summed E-state index contributed by atoms with van der Waals surface area (Å²) < 4.78 is 54.3. The largest absolute Gasteiger partial charge is 0.416 e. The summed E-state index contributed by atoms with van der Waals surface area (Å²) in [7, 11) is 0. The highest BCUT2D eigenvalue weighted by molar-refractivity contribution is 7.98. The van der Waals surface area contributed by atoms with E-state index in [1.54, 1.807) is 27.0 Å². The van der Waals surface area contributed by atoms with Gasteiger partial charge in [-0.15, -0.1) is 11.3 Å². The van der Waals surface area contributed by atoms with Crippen molar-refractivity contribution in [3.63, 3.8) is 0 Å². The van der Waals surface area contributed by atoms with E-state index in [9.17, 15) is 27.2 Å². The van der Waals surface area contributed by atoms with E-state index < -0.39 is 11.7 Å².